The van der Waals surface area contributed by atoms with Crippen LogP contribution >= 0.6 is 0 Å². The molecule has 15 heteroatoms. The maximum absolute atomic E-state index is 14.2. The molecule has 0 aromatic rings. The first-order valence-electron chi connectivity index (χ1n) is 7.63. The molecule has 0 N–H and O–H groups in total. The van der Waals surface area contributed by atoms with Crippen molar-refractivity contribution in [3.63, 3.8) is 0 Å². The third-order valence-electron chi connectivity index (χ3n) is 4.33. The Morgan fingerprint density at radius 2 is 1.13 bits per heavy atom. The quantitative estimate of drug-likeness (QED) is 0.221. The smallest absolute Gasteiger partial charge is 0.199 e. The maximum Gasteiger partial charge on any atom is 0.460 e. The van der Waals surface area contributed by atoms with Gasteiger partial charge in [0, 0.05) is 26.6 Å². The number of rotatable bonds is 4. The van der Waals surface area contributed by atoms with Gasteiger partial charge in [0.15, 0.2) is 0 Å². The van der Waals surface area contributed by atoms with Crippen LogP contribution in [0.25, 0.3) is 0 Å². The van der Waals surface area contributed by atoms with E-state index in [-0.39, 0.29) is 27.5 Å². The minimum absolute atomic E-state index is 0. The van der Waals surface area contributed by atoms with Gasteiger partial charge in [-0.1, -0.05) is 17.7 Å². The van der Waals surface area contributed by atoms with E-state index in [0.29, 0.717) is 13.0 Å². The van der Waals surface area contributed by atoms with Crippen LogP contribution in [0.5, 0.6) is 0 Å². The van der Waals surface area contributed by atoms with E-state index >= 15 is 0 Å². The molecule has 1 rings (SSSR count). The molecule has 0 nitrogen and oxygen atoms in total. The van der Waals surface area contributed by atoms with Crippen LogP contribution in [0.4, 0.5) is 61.5 Å². The second-order valence-electron chi connectivity index (χ2n) is 6.33. The van der Waals surface area contributed by atoms with E-state index in [0.717, 1.165) is 6.08 Å². The number of allylic oxidation sites excluding steroid dienone is 4. The van der Waals surface area contributed by atoms with Crippen LogP contribution in [0.1, 0.15) is 26.2 Å². The van der Waals surface area contributed by atoms with E-state index in [1.165, 1.54) is 0 Å². The zero-order chi connectivity index (χ0) is 23.3. The second kappa shape index (κ2) is 8.61. The summed E-state index contributed by atoms with van der Waals surface area (Å²) in [5.74, 6) is -31.0. The molecule has 30 heavy (non-hydrogen) atoms. The first-order valence-corrected chi connectivity index (χ1v) is 7.63. The van der Waals surface area contributed by atoms with Crippen molar-refractivity contribution in [2.45, 2.75) is 62.2 Å². The molecule has 1 aliphatic carbocycles. The van der Waals surface area contributed by atoms with Gasteiger partial charge in [0.05, 0.1) is 5.92 Å². The van der Waals surface area contributed by atoms with E-state index in [1.807, 2.05) is 0 Å². The third-order valence-corrected chi connectivity index (χ3v) is 4.33. The zero-order valence-electron chi connectivity index (χ0n) is 14.5. The van der Waals surface area contributed by atoms with E-state index in [9.17, 15) is 61.5 Å². The van der Waals surface area contributed by atoms with Crippen LogP contribution < -0.4 is 0 Å². The van der Waals surface area contributed by atoms with Gasteiger partial charge in [0.2, 0.25) is 0 Å². The van der Waals surface area contributed by atoms with Crippen molar-refractivity contribution in [2.75, 3.05) is 0 Å². The summed E-state index contributed by atoms with van der Waals surface area (Å²) in [5, 5.41) is 0. The normalized spacial score (nSPS) is 20.6. The minimum atomic E-state index is -7.01. The molecule has 0 bridgehead atoms. The van der Waals surface area contributed by atoms with E-state index in [2.05, 4.69) is 0 Å². The van der Waals surface area contributed by atoms with Gasteiger partial charge in [-0.15, -0.1) is 0 Å². The Hall–Kier alpha value is -0.812. The molecule has 0 fully saturated rings. The molecule has 0 aromatic carbocycles. The van der Waals surface area contributed by atoms with Crippen LogP contribution in [-0.4, -0.2) is 36.0 Å². The van der Waals surface area contributed by atoms with Gasteiger partial charge >= 0.3 is 36.0 Å². The maximum atomic E-state index is 14.2. The molecule has 180 valence electrons. The largest absolute Gasteiger partial charge is 0.460 e. The minimum Gasteiger partial charge on any atom is -0.199 e. The molecule has 1 aliphatic rings. The summed E-state index contributed by atoms with van der Waals surface area (Å²) in [6.45, 7) is 0.393. The summed E-state index contributed by atoms with van der Waals surface area (Å²) in [6.07, 6.45) is -15.6. The summed E-state index contributed by atoms with van der Waals surface area (Å²) in [6, 6.07) is 0. The Morgan fingerprint density at radius 3 is 1.53 bits per heavy atom. The summed E-state index contributed by atoms with van der Waals surface area (Å²) < 4.78 is 185. The SMILES string of the molecule is CC1=C(C(F)(F)C(F)(F)C(F)(F)F)C(C(F)(F)C(F)(F)C(F)(F)F)CC=CCC1.[Pt]. The topological polar surface area (TPSA) is 0 Å². The number of alkyl halides is 14. The van der Waals surface area contributed by atoms with Crippen LogP contribution in [0.15, 0.2) is 23.3 Å². The molecule has 0 heterocycles. The van der Waals surface area contributed by atoms with Crippen molar-refractivity contribution in [3.05, 3.63) is 23.3 Å². The third kappa shape index (κ3) is 4.67. The molecule has 0 saturated heterocycles. The van der Waals surface area contributed by atoms with Gasteiger partial charge in [-0.2, -0.15) is 61.5 Å². The Bertz CT molecular complexity index is 668. The number of hydrogen-bond acceptors (Lipinski definition) is 0. The molecule has 0 aromatic heterocycles. The summed E-state index contributed by atoms with van der Waals surface area (Å²) in [4.78, 5) is 0. The van der Waals surface area contributed by atoms with Crippen molar-refractivity contribution in [1.29, 1.82) is 0 Å². The van der Waals surface area contributed by atoms with Crippen LogP contribution in [0.3, 0.4) is 0 Å². The van der Waals surface area contributed by atoms with Crippen molar-refractivity contribution >= 4 is 0 Å². The van der Waals surface area contributed by atoms with Crippen molar-refractivity contribution in [1.82, 2.24) is 0 Å². The Kier molecular flexibility index (Phi) is 8.38. The fourth-order valence-electron chi connectivity index (χ4n) is 2.77. The van der Waals surface area contributed by atoms with Crippen molar-refractivity contribution in [2.24, 2.45) is 5.92 Å². The Labute approximate surface area is 174 Å². The molecule has 0 spiro atoms. The van der Waals surface area contributed by atoms with Crippen molar-refractivity contribution in [3.8, 4) is 0 Å². The van der Waals surface area contributed by atoms with Gasteiger partial charge in [0.1, 0.15) is 0 Å². The molecule has 0 radical (unpaired) electrons. The standard InChI is InChI=1S/C15H12F14.Pt/c1-7-5-3-2-4-6-8(10(16,17)12(20,21)14(24,25)26)9(7)11(18,19)13(22,23)15(27,28)29;/h2,4,8H,3,5-6H2,1H3;. The number of hydrogen-bond donors (Lipinski definition) is 0. The summed E-state index contributed by atoms with van der Waals surface area (Å²) in [5.41, 5.74) is -4.07. The fraction of sp³-hybridized carbons (Fsp3) is 0.733. The molecular weight excluding hydrogens is 641 g/mol. The summed E-state index contributed by atoms with van der Waals surface area (Å²) >= 11 is 0. The zero-order valence-corrected chi connectivity index (χ0v) is 16.7. The average molecular weight is 653 g/mol. The first-order chi connectivity index (χ1) is 12.6. The summed E-state index contributed by atoms with van der Waals surface area (Å²) in [7, 11) is 0. The van der Waals surface area contributed by atoms with E-state index in [1.54, 1.807) is 0 Å². The molecular formula is C15H12F14Pt. The molecule has 1 atom stereocenters. The van der Waals surface area contributed by atoms with E-state index < -0.39 is 65.9 Å². The van der Waals surface area contributed by atoms with Crippen LogP contribution in [-0.2, 0) is 21.1 Å². The van der Waals surface area contributed by atoms with Crippen LogP contribution in [0, 0.1) is 5.92 Å². The number of halogens is 14. The second-order valence-corrected chi connectivity index (χ2v) is 6.33. The van der Waals surface area contributed by atoms with Crippen molar-refractivity contribution < 1.29 is 82.5 Å². The van der Waals surface area contributed by atoms with Gasteiger partial charge < -0.3 is 0 Å². The average Bonchev–Trinajstić information content (AvgIpc) is 2.47. The van der Waals surface area contributed by atoms with Gasteiger partial charge in [-0.25, -0.2) is 0 Å². The monoisotopic (exact) mass is 653 g/mol. The van der Waals surface area contributed by atoms with Gasteiger partial charge in [-0.05, 0) is 26.2 Å². The Morgan fingerprint density at radius 1 is 0.700 bits per heavy atom. The molecule has 0 aliphatic heterocycles. The molecule has 0 amide bonds. The Balaban J connectivity index is 0.00000841. The molecule has 1 unspecified atom stereocenters. The first kappa shape index (κ1) is 29.2. The van der Waals surface area contributed by atoms with E-state index in [4.69, 9.17) is 0 Å². The van der Waals surface area contributed by atoms with Crippen LogP contribution in [0.2, 0.25) is 0 Å². The van der Waals surface area contributed by atoms with Gasteiger partial charge in [-0.3, -0.25) is 0 Å². The molecule has 0 saturated carbocycles. The predicted molar refractivity (Wildman–Crippen MR) is 71.1 cm³/mol. The fourth-order valence-corrected chi connectivity index (χ4v) is 2.77. The predicted octanol–water partition coefficient (Wildman–Crippen LogP) is 7.32. The van der Waals surface area contributed by atoms with Gasteiger partial charge in [0.25, 0.3) is 0 Å².